The monoisotopic (exact) mass is 893 g/mol. The maximum absolute atomic E-state index is 13.9. The van der Waals surface area contributed by atoms with Crippen LogP contribution in [0.15, 0.2) is 71.8 Å². The molecule has 4 aromatic rings. The summed E-state index contributed by atoms with van der Waals surface area (Å²) >= 11 is -6.17. The van der Waals surface area contributed by atoms with Gasteiger partial charge in [-0.3, -0.25) is 0 Å². The summed E-state index contributed by atoms with van der Waals surface area (Å²) in [6.45, 7) is 30.1. The van der Waals surface area contributed by atoms with E-state index < -0.39 is 27.9 Å². The zero-order valence-corrected chi connectivity index (χ0v) is 41.1. The number of halogens is 2. The van der Waals surface area contributed by atoms with Crippen molar-refractivity contribution < 1.29 is 25.8 Å². The molecule has 0 saturated heterocycles. The van der Waals surface area contributed by atoms with Crippen LogP contribution in [0.1, 0.15) is 131 Å². The molecule has 0 spiro atoms. The molecule has 2 amide bonds. The molecule has 2 N–H and O–H groups in total. The number of amides is 2. The van der Waals surface area contributed by atoms with Crippen molar-refractivity contribution in [2.45, 2.75) is 117 Å². The van der Waals surface area contributed by atoms with Crippen LogP contribution in [0.5, 0.6) is 0 Å². The van der Waals surface area contributed by atoms with Crippen molar-refractivity contribution in [2.24, 2.45) is 10.8 Å². The molecule has 2 unspecified atom stereocenters. The molecule has 2 aliphatic carbocycles. The number of benzene rings is 4. The third-order valence-corrected chi connectivity index (χ3v) is 33.1. The number of nitrogens with one attached hydrogen (secondary N) is 2. The van der Waals surface area contributed by atoms with E-state index in [0.29, 0.717) is 0 Å². The Kier molecular flexibility index (Phi) is 12.0. The first-order chi connectivity index (χ1) is 27.0. The summed E-state index contributed by atoms with van der Waals surface area (Å²) in [6, 6.07) is 21.9. The van der Waals surface area contributed by atoms with Gasteiger partial charge in [-0.15, -0.1) is 0 Å². The third-order valence-electron chi connectivity index (χ3n) is 13.5. The van der Waals surface area contributed by atoms with Gasteiger partial charge in [0.05, 0.1) is 0 Å². The zero-order chi connectivity index (χ0) is 42.9. The Bertz CT molecular complexity index is 2250. The fourth-order valence-corrected chi connectivity index (χ4v) is 30.7. The van der Waals surface area contributed by atoms with E-state index in [2.05, 4.69) is 166 Å². The number of hydrogen-bond acceptors (Lipinski definition) is 2. The Morgan fingerprint density at radius 3 is 1.26 bits per heavy atom. The van der Waals surface area contributed by atoms with Gasteiger partial charge in [-0.25, -0.2) is 0 Å². The Labute approximate surface area is 356 Å². The first-order valence-electron chi connectivity index (χ1n) is 21.0. The van der Waals surface area contributed by atoms with Crippen LogP contribution in [0.4, 0.5) is 0 Å². The number of allylic oxidation sites excluding steroid dienone is 2. The van der Waals surface area contributed by atoms with Gasteiger partial charge in [0.1, 0.15) is 0 Å². The van der Waals surface area contributed by atoms with Crippen molar-refractivity contribution in [3.05, 3.63) is 127 Å². The van der Waals surface area contributed by atoms with Gasteiger partial charge in [-0.1, -0.05) is 0 Å². The SMILES string of the molecule is CCC(=O)N[B](NC(=O)CC)[Zr]([Cl])([Cl])([CH]1C(C(C)(C)C)=Cc2c(-c3ccc(C)c(C)c3C)cccc21)[CH]1C(C(C)(C)C)=Cc2c(-c3ccc(C)c(C)c3C)cccc21. The minimum absolute atomic E-state index is 0.207. The minimum atomic E-state index is -6.17. The third kappa shape index (κ3) is 7.36. The van der Waals surface area contributed by atoms with E-state index in [1.54, 1.807) is 0 Å². The van der Waals surface area contributed by atoms with Gasteiger partial charge in [0, 0.05) is 0 Å². The van der Waals surface area contributed by atoms with Crippen molar-refractivity contribution >= 4 is 45.5 Å². The van der Waals surface area contributed by atoms with Gasteiger partial charge >= 0.3 is 359 Å². The molecule has 0 saturated carbocycles. The van der Waals surface area contributed by atoms with Crippen LogP contribution in [0.2, 0.25) is 0 Å². The molecule has 0 radical (unpaired) electrons. The van der Waals surface area contributed by atoms with Gasteiger partial charge in [0.25, 0.3) is 0 Å². The molecule has 2 aliphatic rings. The van der Waals surface area contributed by atoms with E-state index in [1.165, 1.54) is 44.5 Å². The van der Waals surface area contributed by atoms with E-state index in [0.717, 1.165) is 44.5 Å². The summed E-state index contributed by atoms with van der Waals surface area (Å²) in [5, 5.41) is 6.63. The van der Waals surface area contributed by atoms with Gasteiger partial charge in [-0.2, -0.15) is 0 Å². The van der Waals surface area contributed by atoms with E-state index in [-0.39, 0.29) is 35.5 Å². The van der Waals surface area contributed by atoms with Gasteiger partial charge < -0.3 is 0 Å². The molecule has 0 heterocycles. The molecule has 0 aliphatic heterocycles. The van der Waals surface area contributed by atoms with Crippen molar-refractivity contribution in [3.8, 4) is 22.3 Å². The van der Waals surface area contributed by atoms with Crippen LogP contribution in [0, 0.1) is 52.4 Å². The second kappa shape index (κ2) is 15.7. The van der Waals surface area contributed by atoms with Gasteiger partial charge in [0.15, 0.2) is 0 Å². The summed E-state index contributed by atoms with van der Waals surface area (Å²) < 4.78 is -1.94. The van der Waals surface area contributed by atoms with E-state index in [9.17, 15) is 9.59 Å². The number of hydrogen-bond donors (Lipinski definition) is 2. The topological polar surface area (TPSA) is 58.2 Å². The Hall–Kier alpha value is -3.17. The Morgan fingerprint density at radius 2 is 0.931 bits per heavy atom. The average molecular weight is 896 g/mol. The molecule has 8 heteroatoms. The molecule has 6 rings (SSSR count). The maximum atomic E-state index is 13.9. The zero-order valence-electron chi connectivity index (χ0n) is 37.1. The first-order valence-corrected chi connectivity index (χ1v) is 31.6. The van der Waals surface area contributed by atoms with Crippen molar-refractivity contribution in [3.63, 3.8) is 0 Å². The van der Waals surface area contributed by atoms with Crippen molar-refractivity contribution in [1.29, 1.82) is 0 Å². The summed E-state index contributed by atoms with van der Waals surface area (Å²) in [5.41, 5.74) is 17.9. The van der Waals surface area contributed by atoms with Crippen LogP contribution in [0.3, 0.4) is 0 Å². The standard InChI is InChI=1S/2C22H25.C6H11BN2O2.2ClH.Zr/c2*1-14-10-11-19(16(3)15(14)2)20-9-7-8-17-12-18(13-21(17)20)22(4,5)6;1-3-5(10)8-7-9-6(11)4-2;;;/h2*7-13H,1-6H3;3-4H2,1-2H3,(H-,8,9,10,11);2*1H;/q;;;;;+1/p-1. The number of aryl methyl sites for hydroxylation is 2. The van der Waals surface area contributed by atoms with Crippen molar-refractivity contribution in [2.75, 3.05) is 0 Å². The fraction of sp³-hybridized carbons (Fsp3) is 0.400. The normalized spacial score (nSPS) is 17.1. The predicted molar refractivity (Wildman–Crippen MR) is 247 cm³/mol. The fourth-order valence-electron chi connectivity index (χ4n) is 9.60. The van der Waals surface area contributed by atoms with Gasteiger partial charge in [0.2, 0.25) is 0 Å². The molecule has 58 heavy (non-hydrogen) atoms. The Morgan fingerprint density at radius 1 is 0.569 bits per heavy atom. The van der Waals surface area contributed by atoms with E-state index in [1.807, 2.05) is 13.8 Å². The summed E-state index contributed by atoms with van der Waals surface area (Å²) in [4.78, 5) is 27.7. The quantitative estimate of drug-likeness (QED) is 0.164. The average Bonchev–Trinajstić information content (AvgIpc) is 3.78. The molecule has 305 valence electrons. The van der Waals surface area contributed by atoms with Crippen LogP contribution >= 0.6 is 17.0 Å². The number of fused-ring (bicyclic) bond motifs is 2. The molecule has 4 nitrogen and oxygen atoms in total. The number of carbonyl (C=O) groups excluding carboxylic acids is 2. The number of rotatable bonds is 9. The predicted octanol–water partition coefficient (Wildman–Crippen LogP) is 13.6. The van der Waals surface area contributed by atoms with Crippen LogP contribution in [-0.4, -0.2) is 16.3 Å². The van der Waals surface area contributed by atoms with Crippen LogP contribution in [0.25, 0.3) is 34.4 Å². The van der Waals surface area contributed by atoms with Gasteiger partial charge in [-0.05, 0) is 0 Å². The van der Waals surface area contributed by atoms with E-state index in [4.69, 9.17) is 17.0 Å². The molecular weight excluding hydrogens is 834 g/mol. The molecule has 0 fully saturated rings. The summed E-state index contributed by atoms with van der Waals surface area (Å²) in [5.74, 6) is -0.415. The van der Waals surface area contributed by atoms with E-state index >= 15 is 0 Å². The molecular formula is C50H62BCl2N2O2Zr. The Balaban J connectivity index is 1.78. The molecule has 0 aromatic heterocycles. The molecule has 0 bridgehead atoms. The summed E-state index contributed by atoms with van der Waals surface area (Å²) in [6.07, 6.45) is 5.12. The summed E-state index contributed by atoms with van der Waals surface area (Å²) in [7, 11) is 18.1. The van der Waals surface area contributed by atoms with Crippen LogP contribution in [-0.2, 0) is 25.8 Å². The second-order valence-corrected chi connectivity index (χ2v) is 40.5. The molecule has 4 aromatic carbocycles. The van der Waals surface area contributed by atoms with Crippen LogP contribution < -0.4 is 10.5 Å². The number of carbonyl (C=O) groups is 2. The second-order valence-electron chi connectivity index (χ2n) is 19.0. The molecule has 2 atom stereocenters. The first kappa shape index (κ1) is 44.4. The van der Waals surface area contributed by atoms with Crippen molar-refractivity contribution in [1.82, 2.24) is 10.5 Å².